The van der Waals surface area contributed by atoms with Gasteiger partial charge in [-0.05, 0) is 25.8 Å². The summed E-state index contributed by atoms with van der Waals surface area (Å²) < 4.78 is 0. The second-order valence-corrected chi connectivity index (χ2v) is 5.59. The molecule has 0 aliphatic rings. The number of aryl methyl sites for hydroxylation is 2. The highest BCUT2D eigenvalue weighted by Crippen LogP contribution is 2.34. The molecule has 0 unspecified atom stereocenters. The van der Waals surface area contributed by atoms with Crippen molar-refractivity contribution in [3.8, 4) is 5.75 Å². The average molecular weight is 260 g/mol. The molecule has 1 aromatic carbocycles. The van der Waals surface area contributed by atoms with E-state index in [2.05, 4.69) is 0 Å². The molecule has 0 amide bonds. The van der Waals surface area contributed by atoms with Crippen molar-refractivity contribution in [1.82, 2.24) is 0 Å². The number of rotatable bonds is 4. The second-order valence-electron chi connectivity index (χ2n) is 4.37. The summed E-state index contributed by atoms with van der Waals surface area (Å²) in [6.45, 7) is 3.77. The first-order valence-electron chi connectivity index (χ1n) is 5.95. The van der Waals surface area contributed by atoms with E-state index in [0.717, 1.165) is 22.4 Å². The van der Waals surface area contributed by atoms with E-state index < -0.39 is 0 Å². The van der Waals surface area contributed by atoms with Gasteiger partial charge in [0.2, 0.25) is 0 Å². The first kappa shape index (κ1) is 12.8. The predicted octanol–water partition coefficient (Wildman–Crippen LogP) is 3.89. The molecule has 0 atom stereocenters. The molecule has 0 spiro atoms. The van der Waals surface area contributed by atoms with E-state index >= 15 is 0 Å². The van der Waals surface area contributed by atoms with Crippen LogP contribution in [-0.4, -0.2) is 10.9 Å². The minimum Gasteiger partial charge on any atom is -0.506 e. The maximum atomic E-state index is 12.1. The van der Waals surface area contributed by atoms with Crippen molar-refractivity contribution in [2.24, 2.45) is 0 Å². The lowest BCUT2D eigenvalue weighted by atomic mass is 10.1. The Morgan fingerprint density at radius 3 is 2.44 bits per heavy atom. The summed E-state index contributed by atoms with van der Waals surface area (Å²) in [7, 11) is 0. The fourth-order valence-corrected chi connectivity index (χ4v) is 2.84. The molecule has 18 heavy (non-hydrogen) atoms. The minimum atomic E-state index is 0.0255. The van der Waals surface area contributed by atoms with Crippen LogP contribution >= 0.6 is 11.3 Å². The molecule has 0 fully saturated rings. The van der Waals surface area contributed by atoms with Crippen LogP contribution in [-0.2, 0) is 6.42 Å². The monoisotopic (exact) mass is 260 g/mol. The Labute approximate surface area is 111 Å². The Morgan fingerprint density at radius 1 is 1.22 bits per heavy atom. The van der Waals surface area contributed by atoms with Gasteiger partial charge in [0, 0.05) is 16.9 Å². The summed E-state index contributed by atoms with van der Waals surface area (Å²) in [5.74, 6) is 0.188. The van der Waals surface area contributed by atoms with E-state index in [1.54, 1.807) is 0 Å². The molecule has 3 heteroatoms. The fraction of sp³-hybridized carbons (Fsp3) is 0.267. The van der Waals surface area contributed by atoms with Crippen LogP contribution in [0.1, 0.15) is 32.1 Å². The zero-order valence-electron chi connectivity index (χ0n) is 10.6. The van der Waals surface area contributed by atoms with E-state index in [0.29, 0.717) is 11.3 Å². The van der Waals surface area contributed by atoms with Gasteiger partial charge in [0.05, 0.1) is 0 Å². The molecule has 0 aliphatic carbocycles. The first-order valence-corrected chi connectivity index (χ1v) is 6.77. The molecule has 1 aromatic heterocycles. The second kappa shape index (κ2) is 5.36. The number of ketones is 1. The van der Waals surface area contributed by atoms with Gasteiger partial charge in [-0.3, -0.25) is 4.79 Å². The van der Waals surface area contributed by atoms with Crippen LogP contribution < -0.4 is 0 Å². The maximum Gasteiger partial charge on any atom is 0.176 e. The molecule has 0 bridgehead atoms. The van der Waals surface area contributed by atoms with Gasteiger partial charge < -0.3 is 5.11 Å². The summed E-state index contributed by atoms with van der Waals surface area (Å²) in [5, 5.41) is 9.88. The number of hydrogen-bond acceptors (Lipinski definition) is 3. The highest BCUT2D eigenvalue weighted by molar-refractivity contribution is 7.14. The first-order chi connectivity index (χ1) is 8.59. The van der Waals surface area contributed by atoms with Crippen LogP contribution in [0.15, 0.2) is 30.3 Å². The van der Waals surface area contributed by atoms with Crippen molar-refractivity contribution in [2.75, 3.05) is 0 Å². The molecule has 2 rings (SSSR count). The van der Waals surface area contributed by atoms with E-state index in [4.69, 9.17) is 0 Å². The van der Waals surface area contributed by atoms with E-state index in [1.165, 1.54) is 11.3 Å². The lowest BCUT2D eigenvalue weighted by Gasteiger charge is -2.00. The van der Waals surface area contributed by atoms with Gasteiger partial charge >= 0.3 is 0 Å². The molecular formula is C15H16O2S. The quantitative estimate of drug-likeness (QED) is 0.847. The number of benzene rings is 1. The van der Waals surface area contributed by atoms with Gasteiger partial charge in [-0.15, -0.1) is 11.3 Å². The van der Waals surface area contributed by atoms with Crippen molar-refractivity contribution in [1.29, 1.82) is 0 Å². The molecule has 0 radical (unpaired) electrons. The van der Waals surface area contributed by atoms with Crippen LogP contribution in [0.25, 0.3) is 0 Å². The molecular weight excluding hydrogens is 244 g/mol. The molecule has 0 saturated carbocycles. The van der Waals surface area contributed by atoms with E-state index in [9.17, 15) is 9.90 Å². The SMILES string of the molecule is Cc1sc(C(=O)CCc2ccccc2)c(O)c1C. The number of carbonyl (C=O) groups excluding carboxylic acids is 1. The third-order valence-corrected chi connectivity index (χ3v) is 4.33. The van der Waals surface area contributed by atoms with E-state index in [-0.39, 0.29) is 11.5 Å². The van der Waals surface area contributed by atoms with Crippen molar-refractivity contribution >= 4 is 17.1 Å². The molecule has 1 heterocycles. The Kier molecular flexibility index (Phi) is 3.82. The number of thiophene rings is 1. The van der Waals surface area contributed by atoms with Gasteiger partial charge in [-0.1, -0.05) is 30.3 Å². The Balaban J connectivity index is 2.06. The number of hydrogen-bond donors (Lipinski definition) is 1. The van der Waals surface area contributed by atoms with Crippen LogP contribution in [0.5, 0.6) is 5.75 Å². The molecule has 94 valence electrons. The lowest BCUT2D eigenvalue weighted by molar-refractivity contribution is 0.0984. The topological polar surface area (TPSA) is 37.3 Å². The molecule has 2 nitrogen and oxygen atoms in total. The van der Waals surface area contributed by atoms with Crippen LogP contribution in [0.2, 0.25) is 0 Å². The van der Waals surface area contributed by atoms with Crippen molar-refractivity contribution in [3.05, 3.63) is 51.2 Å². The third kappa shape index (κ3) is 2.62. The number of aromatic hydroxyl groups is 1. The van der Waals surface area contributed by atoms with Crippen molar-refractivity contribution < 1.29 is 9.90 Å². The Morgan fingerprint density at radius 2 is 1.89 bits per heavy atom. The highest BCUT2D eigenvalue weighted by atomic mass is 32.1. The third-order valence-electron chi connectivity index (χ3n) is 3.09. The fourth-order valence-electron chi connectivity index (χ4n) is 1.82. The van der Waals surface area contributed by atoms with Gasteiger partial charge in [-0.25, -0.2) is 0 Å². The molecule has 0 aliphatic heterocycles. The van der Waals surface area contributed by atoms with Crippen molar-refractivity contribution in [2.45, 2.75) is 26.7 Å². The van der Waals surface area contributed by atoms with Crippen LogP contribution in [0, 0.1) is 13.8 Å². The number of Topliss-reactive ketones (excluding diaryl/α,β-unsaturated/α-hetero) is 1. The minimum absolute atomic E-state index is 0.0255. The van der Waals surface area contributed by atoms with Gasteiger partial charge in [-0.2, -0.15) is 0 Å². The summed E-state index contributed by atoms with van der Waals surface area (Å²) in [5.41, 5.74) is 1.97. The van der Waals surface area contributed by atoms with Gasteiger partial charge in [0.1, 0.15) is 10.6 Å². The molecule has 0 saturated heterocycles. The van der Waals surface area contributed by atoms with E-state index in [1.807, 2.05) is 44.2 Å². The normalized spacial score (nSPS) is 10.6. The lowest BCUT2D eigenvalue weighted by Crippen LogP contribution is -1.99. The summed E-state index contributed by atoms with van der Waals surface area (Å²) >= 11 is 1.38. The van der Waals surface area contributed by atoms with Gasteiger partial charge in [0.15, 0.2) is 5.78 Å². The smallest absolute Gasteiger partial charge is 0.176 e. The standard InChI is InChI=1S/C15H16O2S/c1-10-11(2)18-15(14(10)17)13(16)9-8-12-6-4-3-5-7-12/h3-7,17H,8-9H2,1-2H3. The van der Waals surface area contributed by atoms with Crippen LogP contribution in [0.3, 0.4) is 0 Å². The maximum absolute atomic E-state index is 12.1. The molecule has 2 aromatic rings. The van der Waals surface area contributed by atoms with Gasteiger partial charge in [0.25, 0.3) is 0 Å². The molecule has 1 N–H and O–H groups in total. The average Bonchev–Trinajstić information content (AvgIpc) is 2.65. The summed E-state index contributed by atoms with van der Waals surface area (Å²) in [6.07, 6.45) is 1.16. The zero-order chi connectivity index (χ0) is 13.1. The zero-order valence-corrected chi connectivity index (χ0v) is 11.4. The summed E-state index contributed by atoms with van der Waals surface area (Å²) in [6, 6.07) is 9.92. The largest absolute Gasteiger partial charge is 0.506 e. The van der Waals surface area contributed by atoms with Crippen molar-refractivity contribution in [3.63, 3.8) is 0 Å². The predicted molar refractivity (Wildman–Crippen MR) is 74.6 cm³/mol. The Bertz CT molecular complexity index is 555. The summed E-state index contributed by atoms with van der Waals surface area (Å²) in [4.78, 5) is 13.6. The highest BCUT2D eigenvalue weighted by Gasteiger charge is 2.17. The van der Waals surface area contributed by atoms with Crippen LogP contribution in [0.4, 0.5) is 0 Å². The number of carbonyl (C=O) groups is 1. The Hall–Kier alpha value is -1.61.